The first kappa shape index (κ1) is 12.0. The van der Waals surface area contributed by atoms with Crippen molar-refractivity contribution < 1.29 is 9.47 Å². The zero-order chi connectivity index (χ0) is 10.3. The largest absolute Gasteiger partial charge is 0.356 e. The number of ether oxygens (including phenoxy) is 2. The molecule has 2 N–H and O–H groups in total. The molecular weight excluding hydrogens is 178 g/mol. The summed E-state index contributed by atoms with van der Waals surface area (Å²) in [7, 11) is 0. The first-order chi connectivity index (χ1) is 6.77. The molecular formula is C11H23NO2. The molecule has 1 saturated carbocycles. The van der Waals surface area contributed by atoms with E-state index in [1.165, 1.54) is 25.7 Å². The molecule has 0 saturated heterocycles. The van der Waals surface area contributed by atoms with Gasteiger partial charge in [-0.05, 0) is 19.8 Å². The SMILES string of the molecule is CCOCOCC1(N)CCCCCC1. The molecule has 0 aromatic rings. The summed E-state index contributed by atoms with van der Waals surface area (Å²) in [5.74, 6) is 0. The fourth-order valence-corrected chi connectivity index (χ4v) is 1.96. The average Bonchev–Trinajstić information content (AvgIpc) is 2.39. The van der Waals surface area contributed by atoms with E-state index >= 15 is 0 Å². The maximum absolute atomic E-state index is 6.26. The molecule has 0 aromatic heterocycles. The maximum atomic E-state index is 6.26. The standard InChI is InChI=1S/C11H23NO2/c1-2-13-10-14-9-11(12)7-5-3-4-6-8-11/h2-10,12H2,1H3. The molecule has 0 unspecified atom stereocenters. The topological polar surface area (TPSA) is 44.5 Å². The highest BCUT2D eigenvalue weighted by atomic mass is 16.7. The molecule has 0 amide bonds. The van der Waals surface area contributed by atoms with Crippen LogP contribution >= 0.6 is 0 Å². The highest BCUT2D eigenvalue weighted by Gasteiger charge is 2.26. The molecule has 0 spiro atoms. The van der Waals surface area contributed by atoms with E-state index in [0.29, 0.717) is 20.0 Å². The van der Waals surface area contributed by atoms with Crippen LogP contribution in [0.25, 0.3) is 0 Å². The van der Waals surface area contributed by atoms with Crippen molar-refractivity contribution in [2.75, 3.05) is 20.0 Å². The van der Waals surface area contributed by atoms with Crippen LogP contribution in [0.15, 0.2) is 0 Å². The molecule has 1 aliphatic rings. The normalized spacial score (nSPS) is 21.9. The Morgan fingerprint density at radius 3 is 2.29 bits per heavy atom. The van der Waals surface area contributed by atoms with Gasteiger partial charge in [-0.25, -0.2) is 0 Å². The zero-order valence-electron chi connectivity index (χ0n) is 9.26. The van der Waals surface area contributed by atoms with E-state index in [9.17, 15) is 0 Å². The van der Waals surface area contributed by atoms with Crippen LogP contribution in [0.4, 0.5) is 0 Å². The van der Waals surface area contributed by atoms with Crippen LogP contribution in [-0.4, -0.2) is 25.5 Å². The molecule has 1 rings (SSSR count). The minimum absolute atomic E-state index is 0.0897. The summed E-state index contributed by atoms with van der Waals surface area (Å²) in [6, 6.07) is 0. The Bertz CT molecular complexity index is 142. The van der Waals surface area contributed by atoms with Crippen LogP contribution in [-0.2, 0) is 9.47 Å². The summed E-state index contributed by atoms with van der Waals surface area (Å²) in [6.07, 6.45) is 7.33. The predicted octanol–water partition coefficient (Wildman–Crippen LogP) is 2.05. The third-order valence-electron chi connectivity index (χ3n) is 2.86. The van der Waals surface area contributed by atoms with Crippen molar-refractivity contribution in [3.05, 3.63) is 0 Å². The lowest BCUT2D eigenvalue weighted by Gasteiger charge is -2.27. The van der Waals surface area contributed by atoms with Crippen molar-refractivity contribution in [1.29, 1.82) is 0 Å². The molecule has 0 heterocycles. The van der Waals surface area contributed by atoms with Crippen LogP contribution in [0, 0.1) is 0 Å². The molecule has 3 heteroatoms. The summed E-state index contributed by atoms with van der Waals surface area (Å²) < 4.78 is 10.5. The van der Waals surface area contributed by atoms with E-state index in [2.05, 4.69) is 0 Å². The Kier molecular flexibility index (Phi) is 5.45. The van der Waals surface area contributed by atoms with Gasteiger partial charge in [0.25, 0.3) is 0 Å². The summed E-state index contributed by atoms with van der Waals surface area (Å²) in [4.78, 5) is 0. The van der Waals surface area contributed by atoms with Crippen molar-refractivity contribution in [2.45, 2.75) is 51.0 Å². The monoisotopic (exact) mass is 201 g/mol. The van der Waals surface area contributed by atoms with E-state index in [1.54, 1.807) is 0 Å². The van der Waals surface area contributed by atoms with Gasteiger partial charge in [-0.2, -0.15) is 0 Å². The van der Waals surface area contributed by atoms with Crippen molar-refractivity contribution in [3.8, 4) is 0 Å². The molecule has 0 aromatic carbocycles. The van der Waals surface area contributed by atoms with Crippen LogP contribution < -0.4 is 5.73 Å². The molecule has 0 radical (unpaired) electrons. The van der Waals surface area contributed by atoms with E-state index in [-0.39, 0.29) is 5.54 Å². The fraction of sp³-hybridized carbons (Fsp3) is 1.00. The average molecular weight is 201 g/mol. The van der Waals surface area contributed by atoms with Gasteiger partial charge in [0.1, 0.15) is 6.79 Å². The molecule has 0 atom stereocenters. The lowest BCUT2D eigenvalue weighted by atomic mass is 9.93. The number of hydrogen-bond donors (Lipinski definition) is 1. The summed E-state index contributed by atoms with van der Waals surface area (Å²) >= 11 is 0. The summed E-state index contributed by atoms with van der Waals surface area (Å²) in [6.45, 7) is 3.70. The van der Waals surface area contributed by atoms with E-state index in [0.717, 1.165) is 12.8 Å². The van der Waals surface area contributed by atoms with Crippen molar-refractivity contribution >= 4 is 0 Å². The Balaban J connectivity index is 2.17. The Morgan fingerprint density at radius 2 is 1.71 bits per heavy atom. The van der Waals surface area contributed by atoms with Gasteiger partial charge in [0.05, 0.1) is 6.61 Å². The van der Waals surface area contributed by atoms with Crippen LogP contribution in [0.2, 0.25) is 0 Å². The number of hydrogen-bond acceptors (Lipinski definition) is 3. The van der Waals surface area contributed by atoms with Crippen LogP contribution in [0.1, 0.15) is 45.4 Å². The van der Waals surface area contributed by atoms with Gasteiger partial charge < -0.3 is 15.2 Å². The quantitative estimate of drug-likeness (QED) is 0.420. The molecule has 3 nitrogen and oxygen atoms in total. The van der Waals surface area contributed by atoms with E-state index in [4.69, 9.17) is 15.2 Å². The third-order valence-corrected chi connectivity index (χ3v) is 2.86. The van der Waals surface area contributed by atoms with E-state index < -0.39 is 0 Å². The smallest absolute Gasteiger partial charge is 0.146 e. The molecule has 84 valence electrons. The second kappa shape index (κ2) is 6.38. The van der Waals surface area contributed by atoms with Gasteiger partial charge in [0.15, 0.2) is 0 Å². The summed E-state index contributed by atoms with van der Waals surface area (Å²) in [5, 5.41) is 0. The predicted molar refractivity (Wildman–Crippen MR) is 57.1 cm³/mol. The molecule has 0 aliphatic heterocycles. The van der Waals surface area contributed by atoms with Gasteiger partial charge in [-0.3, -0.25) is 0 Å². The van der Waals surface area contributed by atoms with Crippen LogP contribution in [0.3, 0.4) is 0 Å². The second-order valence-corrected chi connectivity index (χ2v) is 4.24. The third kappa shape index (κ3) is 4.40. The molecule has 1 fully saturated rings. The number of nitrogens with two attached hydrogens (primary N) is 1. The molecule has 14 heavy (non-hydrogen) atoms. The first-order valence-electron chi connectivity index (χ1n) is 5.71. The van der Waals surface area contributed by atoms with Crippen molar-refractivity contribution in [2.24, 2.45) is 5.73 Å². The van der Waals surface area contributed by atoms with Gasteiger partial charge in [0, 0.05) is 12.1 Å². The molecule has 1 aliphatic carbocycles. The van der Waals surface area contributed by atoms with Gasteiger partial charge in [-0.15, -0.1) is 0 Å². The van der Waals surface area contributed by atoms with Crippen molar-refractivity contribution in [1.82, 2.24) is 0 Å². The van der Waals surface area contributed by atoms with Gasteiger partial charge >= 0.3 is 0 Å². The highest BCUT2D eigenvalue weighted by molar-refractivity contribution is 4.85. The number of rotatable bonds is 5. The second-order valence-electron chi connectivity index (χ2n) is 4.24. The van der Waals surface area contributed by atoms with Crippen LogP contribution in [0.5, 0.6) is 0 Å². The maximum Gasteiger partial charge on any atom is 0.146 e. The first-order valence-corrected chi connectivity index (χ1v) is 5.71. The highest BCUT2D eigenvalue weighted by Crippen LogP contribution is 2.24. The minimum atomic E-state index is -0.0897. The Morgan fingerprint density at radius 1 is 1.07 bits per heavy atom. The van der Waals surface area contributed by atoms with E-state index in [1.807, 2.05) is 6.92 Å². The van der Waals surface area contributed by atoms with Gasteiger partial charge in [-0.1, -0.05) is 25.7 Å². The minimum Gasteiger partial charge on any atom is -0.356 e. The fourth-order valence-electron chi connectivity index (χ4n) is 1.96. The Labute approximate surface area is 86.9 Å². The lowest BCUT2D eigenvalue weighted by molar-refractivity contribution is -0.0661. The Hall–Kier alpha value is -0.120. The lowest BCUT2D eigenvalue weighted by Crippen LogP contribution is -2.44. The van der Waals surface area contributed by atoms with Gasteiger partial charge in [0.2, 0.25) is 0 Å². The summed E-state index contributed by atoms with van der Waals surface area (Å²) in [5.41, 5.74) is 6.17. The molecule has 0 bridgehead atoms. The zero-order valence-corrected chi connectivity index (χ0v) is 9.26. The van der Waals surface area contributed by atoms with Crippen molar-refractivity contribution in [3.63, 3.8) is 0 Å².